The van der Waals surface area contributed by atoms with Gasteiger partial charge in [-0.05, 0) is 80.5 Å². The molecular formula is C22H33NO3. The van der Waals surface area contributed by atoms with Gasteiger partial charge in [-0.2, -0.15) is 5.26 Å². The second kappa shape index (κ2) is 5.46. The van der Waals surface area contributed by atoms with E-state index < -0.39 is 5.60 Å². The first kappa shape index (κ1) is 17.5. The lowest BCUT2D eigenvalue weighted by Gasteiger charge is -2.61. The van der Waals surface area contributed by atoms with Crippen LogP contribution in [0, 0.1) is 45.8 Å². The van der Waals surface area contributed by atoms with Crippen LogP contribution in [0.15, 0.2) is 0 Å². The fraction of sp³-hybridized carbons (Fsp3) is 0.955. The molecule has 1 heterocycles. The molecule has 0 aromatic carbocycles. The Bertz CT molecular complexity index is 638. The molecule has 0 bridgehead atoms. The molecule has 1 saturated heterocycles. The van der Waals surface area contributed by atoms with Crippen LogP contribution in [0.2, 0.25) is 0 Å². The Balaban J connectivity index is 1.43. The van der Waals surface area contributed by atoms with E-state index in [1.807, 2.05) is 0 Å². The topological polar surface area (TPSA) is 62.5 Å². The van der Waals surface area contributed by atoms with Crippen molar-refractivity contribution in [2.45, 2.75) is 83.0 Å². The van der Waals surface area contributed by atoms with Crippen molar-refractivity contribution >= 4 is 0 Å². The van der Waals surface area contributed by atoms with Crippen molar-refractivity contribution < 1.29 is 14.6 Å². The van der Waals surface area contributed by atoms with Gasteiger partial charge < -0.3 is 14.6 Å². The molecule has 4 saturated carbocycles. The second-order valence-electron chi connectivity index (χ2n) is 10.4. The SMILES string of the molecule is C[C@]12CC[C@@](O)(C#N)C[C@@H]1CC[C@H]1[C@H]2CC[C@@]2(C)[C@@H]1CCC21OCCO1. The first-order valence-electron chi connectivity index (χ1n) is 10.8. The zero-order valence-corrected chi connectivity index (χ0v) is 16.3. The summed E-state index contributed by atoms with van der Waals surface area (Å²) in [6.45, 7) is 6.42. The second-order valence-corrected chi connectivity index (χ2v) is 10.4. The van der Waals surface area contributed by atoms with Gasteiger partial charge in [0.05, 0.1) is 19.3 Å². The fourth-order valence-electron chi connectivity index (χ4n) is 8.23. The lowest BCUT2D eigenvalue weighted by Crippen LogP contribution is -2.58. The summed E-state index contributed by atoms with van der Waals surface area (Å²) in [5.74, 6) is 2.39. The molecule has 144 valence electrons. The summed E-state index contributed by atoms with van der Waals surface area (Å²) in [4.78, 5) is 0. The maximum absolute atomic E-state index is 10.6. The van der Waals surface area contributed by atoms with Crippen LogP contribution in [0.25, 0.3) is 0 Å². The minimum atomic E-state index is -1.08. The standard InChI is InChI=1S/C22H33NO3/c1-19-9-10-21(24,14-23)13-15(19)3-4-16-17(19)5-7-20(2)18(16)6-8-22(20)25-11-12-26-22/h15-18,24H,3-13H2,1-2H3/t15-,16-,17+,18+,19-,20-,21-/m0/s1. The minimum absolute atomic E-state index is 0.163. The Morgan fingerprint density at radius 3 is 2.38 bits per heavy atom. The molecule has 0 radical (unpaired) electrons. The van der Waals surface area contributed by atoms with E-state index in [0.29, 0.717) is 30.1 Å². The van der Waals surface area contributed by atoms with Gasteiger partial charge in [-0.3, -0.25) is 0 Å². The number of ether oxygens (including phenoxy) is 2. The average Bonchev–Trinajstić information content (AvgIpc) is 3.22. The fourth-order valence-corrected chi connectivity index (χ4v) is 8.23. The van der Waals surface area contributed by atoms with E-state index in [1.165, 1.54) is 32.1 Å². The van der Waals surface area contributed by atoms with Crippen molar-refractivity contribution in [3.63, 3.8) is 0 Å². The average molecular weight is 360 g/mol. The van der Waals surface area contributed by atoms with Crippen LogP contribution in [-0.4, -0.2) is 29.7 Å². The number of fused-ring (bicyclic) bond motifs is 6. The van der Waals surface area contributed by atoms with E-state index in [0.717, 1.165) is 37.9 Å². The molecule has 4 heteroatoms. The van der Waals surface area contributed by atoms with Crippen LogP contribution in [0.5, 0.6) is 0 Å². The van der Waals surface area contributed by atoms with Crippen LogP contribution >= 0.6 is 0 Å². The zero-order valence-electron chi connectivity index (χ0n) is 16.3. The molecule has 5 aliphatic rings. The third-order valence-corrected chi connectivity index (χ3v) is 9.73. The molecular weight excluding hydrogens is 326 g/mol. The van der Waals surface area contributed by atoms with Crippen molar-refractivity contribution in [2.24, 2.45) is 34.5 Å². The lowest BCUT2D eigenvalue weighted by atomic mass is 9.44. The summed E-state index contributed by atoms with van der Waals surface area (Å²) in [5, 5.41) is 20.0. The van der Waals surface area contributed by atoms with Gasteiger partial charge in [0.1, 0.15) is 0 Å². The quantitative estimate of drug-likeness (QED) is 0.663. The van der Waals surface area contributed by atoms with E-state index in [4.69, 9.17) is 9.47 Å². The molecule has 26 heavy (non-hydrogen) atoms. The first-order valence-corrected chi connectivity index (χ1v) is 10.8. The monoisotopic (exact) mass is 359 g/mol. The lowest BCUT2D eigenvalue weighted by molar-refractivity contribution is -0.248. The van der Waals surface area contributed by atoms with Crippen molar-refractivity contribution in [3.05, 3.63) is 0 Å². The van der Waals surface area contributed by atoms with E-state index in [1.54, 1.807) is 0 Å². The first-order chi connectivity index (χ1) is 12.4. The number of rotatable bonds is 0. The Morgan fingerprint density at radius 2 is 1.65 bits per heavy atom. The van der Waals surface area contributed by atoms with E-state index in [-0.39, 0.29) is 11.2 Å². The van der Waals surface area contributed by atoms with Crippen molar-refractivity contribution in [1.29, 1.82) is 5.26 Å². The molecule has 1 N–H and O–H groups in total. The van der Waals surface area contributed by atoms with Gasteiger partial charge in [0.15, 0.2) is 11.4 Å². The van der Waals surface area contributed by atoms with Gasteiger partial charge in [-0.25, -0.2) is 0 Å². The molecule has 0 unspecified atom stereocenters. The predicted molar refractivity (Wildman–Crippen MR) is 96.9 cm³/mol. The summed E-state index contributed by atoms with van der Waals surface area (Å²) < 4.78 is 12.5. The number of nitrogens with zero attached hydrogens (tertiary/aromatic N) is 1. The van der Waals surface area contributed by atoms with Gasteiger partial charge >= 0.3 is 0 Å². The normalized spacial score (nSPS) is 55.0. The maximum Gasteiger partial charge on any atom is 0.174 e. The van der Waals surface area contributed by atoms with E-state index in [2.05, 4.69) is 19.9 Å². The molecule has 0 amide bonds. The Labute approximate surface area is 157 Å². The van der Waals surface area contributed by atoms with Crippen molar-refractivity contribution in [1.82, 2.24) is 0 Å². The van der Waals surface area contributed by atoms with Gasteiger partial charge in [0.25, 0.3) is 0 Å². The van der Waals surface area contributed by atoms with Gasteiger partial charge in [-0.15, -0.1) is 0 Å². The van der Waals surface area contributed by atoms with Crippen LogP contribution in [0.3, 0.4) is 0 Å². The van der Waals surface area contributed by atoms with Crippen LogP contribution in [0.1, 0.15) is 71.6 Å². The van der Waals surface area contributed by atoms with Gasteiger partial charge in [-0.1, -0.05) is 13.8 Å². The molecule has 1 spiro atoms. The molecule has 0 aromatic heterocycles. The molecule has 7 atom stereocenters. The van der Waals surface area contributed by atoms with Crippen LogP contribution in [-0.2, 0) is 9.47 Å². The van der Waals surface area contributed by atoms with E-state index >= 15 is 0 Å². The third kappa shape index (κ3) is 2.06. The summed E-state index contributed by atoms with van der Waals surface area (Å²) in [7, 11) is 0. The molecule has 0 aromatic rings. The van der Waals surface area contributed by atoms with Crippen LogP contribution in [0.4, 0.5) is 0 Å². The third-order valence-electron chi connectivity index (χ3n) is 9.73. The smallest absolute Gasteiger partial charge is 0.174 e. The number of hydrogen-bond acceptors (Lipinski definition) is 4. The van der Waals surface area contributed by atoms with Crippen molar-refractivity contribution in [2.75, 3.05) is 13.2 Å². The maximum atomic E-state index is 10.6. The van der Waals surface area contributed by atoms with Gasteiger partial charge in [0, 0.05) is 11.8 Å². The molecule has 5 rings (SSSR count). The minimum Gasteiger partial charge on any atom is -0.375 e. The van der Waals surface area contributed by atoms with Crippen molar-refractivity contribution in [3.8, 4) is 6.07 Å². The number of nitriles is 1. The zero-order chi connectivity index (χ0) is 18.2. The molecule has 5 fully saturated rings. The number of aliphatic hydroxyl groups is 1. The Kier molecular flexibility index (Phi) is 3.67. The van der Waals surface area contributed by atoms with Crippen LogP contribution < -0.4 is 0 Å². The molecule has 1 aliphatic heterocycles. The van der Waals surface area contributed by atoms with E-state index in [9.17, 15) is 10.4 Å². The Morgan fingerprint density at radius 1 is 0.923 bits per heavy atom. The summed E-state index contributed by atoms with van der Waals surface area (Å²) in [6, 6.07) is 2.20. The number of hydrogen-bond donors (Lipinski definition) is 1. The Hall–Kier alpha value is -0.630. The van der Waals surface area contributed by atoms with Gasteiger partial charge in [0.2, 0.25) is 0 Å². The summed E-state index contributed by atoms with van der Waals surface area (Å²) in [6.07, 6.45) is 9.51. The summed E-state index contributed by atoms with van der Waals surface area (Å²) >= 11 is 0. The summed E-state index contributed by atoms with van der Waals surface area (Å²) in [5.41, 5.74) is -0.625. The molecule has 4 nitrogen and oxygen atoms in total. The highest BCUT2D eigenvalue weighted by molar-refractivity contribution is 5.15. The highest BCUT2D eigenvalue weighted by Crippen LogP contribution is 2.69. The predicted octanol–water partition coefficient (Wildman–Crippen LogP) is 4.03. The highest BCUT2D eigenvalue weighted by atomic mass is 16.7. The molecule has 4 aliphatic carbocycles. The highest BCUT2D eigenvalue weighted by Gasteiger charge is 2.67. The largest absolute Gasteiger partial charge is 0.375 e.